The van der Waals surface area contributed by atoms with Crippen LogP contribution in [-0.2, 0) is 21.4 Å². The molecule has 1 N–H and O–H groups in total. The van der Waals surface area contributed by atoms with Crippen LogP contribution in [0.4, 0.5) is 0 Å². The first-order chi connectivity index (χ1) is 13.9. The molecule has 0 aliphatic carbocycles. The number of carbonyl (C=O) groups excluding carboxylic acids is 1. The molecule has 0 unspecified atom stereocenters. The first kappa shape index (κ1) is 21.3. The van der Waals surface area contributed by atoms with Crippen LogP contribution in [0.2, 0.25) is 0 Å². The molecule has 2 aromatic rings. The van der Waals surface area contributed by atoms with Crippen LogP contribution in [0.5, 0.6) is 5.75 Å². The number of rotatable bonds is 7. The van der Waals surface area contributed by atoms with E-state index in [0.29, 0.717) is 44.8 Å². The molecule has 1 aliphatic heterocycles. The monoisotopic (exact) mass is 416 g/mol. The Morgan fingerprint density at radius 1 is 1.14 bits per heavy atom. The zero-order valence-electron chi connectivity index (χ0n) is 16.9. The maximum atomic E-state index is 13.0. The lowest BCUT2D eigenvalue weighted by atomic mass is 9.97. The molecule has 0 saturated carbocycles. The van der Waals surface area contributed by atoms with Gasteiger partial charge in [-0.25, -0.2) is 8.42 Å². The van der Waals surface area contributed by atoms with Crippen molar-refractivity contribution in [2.75, 3.05) is 19.7 Å². The molecule has 29 heavy (non-hydrogen) atoms. The molecule has 0 radical (unpaired) electrons. The summed E-state index contributed by atoms with van der Waals surface area (Å²) in [6.07, 6.45) is 1.05. The first-order valence-corrected chi connectivity index (χ1v) is 11.4. The third kappa shape index (κ3) is 5.16. The van der Waals surface area contributed by atoms with Gasteiger partial charge < -0.3 is 10.1 Å². The van der Waals surface area contributed by atoms with Crippen LogP contribution < -0.4 is 10.1 Å². The smallest absolute Gasteiger partial charge is 0.243 e. The Bertz CT molecular complexity index is 937. The molecule has 2 aromatic carbocycles. The summed E-state index contributed by atoms with van der Waals surface area (Å²) in [7, 11) is -3.57. The average molecular weight is 417 g/mol. The lowest BCUT2D eigenvalue weighted by Gasteiger charge is -2.30. The fourth-order valence-corrected chi connectivity index (χ4v) is 5.09. The van der Waals surface area contributed by atoms with Gasteiger partial charge in [-0.15, -0.1) is 0 Å². The van der Waals surface area contributed by atoms with Gasteiger partial charge in [0.2, 0.25) is 15.9 Å². The number of ether oxygens (including phenoxy) is 1. The summed E-state index contributed by atoms with van der Waals surface area (Å²) in [5.74, 6) is 0.523. The van der Waals surface area contributed by atoms with E-state index in [0.717, 1.165) is 11.1 Å². The van der Waals surface area contributed by atoms with Crippen LogP contribution in [-0.4, -0.2) is 38.3 Å². The molecule has 156 valence electrons. The number of nitrogens with one attached hydrogen (secondary N) is 1. The molecule has 6 nitrogen and oxygen atoms in total. The summed E-state index contributed by atoms with van der Waals surface area (Å²) >= 11 is 0. The number of hydrogen-bond donors (Lipinski definition) is 1. The molecule has 7 heteroatoms. The SMILES string of the molecule is CCOc1ccc(S(=O)(=O)N2CCC(C(=O)NCc3ccccc3)CC2)cc1C. The van der Waals surface area contributed by atoms with Crippen molar-refractivity contribution in [1.82, 2.24) is 9.62 Å². The van der Waals surface area contributed by atoms with Crippen molar-refractivity contribution in [2.45, 2.75) is 38.1 Å². The number of amides is 1. The van der Waals surface area contributed by atoms with Crippen molar-refractivity contribution in [3.63, 3.8) is 0 Å². The highest BCUT2D eigenvalue weighted by atomic mass is 32.2. The first-order valence-electron chi connectivity index (χ1n) is 9.97. The fourth-order valence-electron chi connectivity index (χ4n) is 3.54. The molecule has 0 atom stereocenters. The van der Waals surface area contributed by atoms with E-state index in [1.54, 1.807) is 18.2 Å². The number of aryl methyl sites for hydroxylation is 1. The molecule has 1 heterocycles. The molecular weight excluding hydrogens is 388 g/mol. The molecule has 1 aliphatic rings. The van der Waals surface area contributed by atoms with Crippen molar-refractivity contribution in [3.8, 4) is 5.75 Å². The number of hydrogen-bond acceptors (Lipinski definition) is 4. The summed E-state index contributed by atoms with van der Waals surface area (Å²) < 4.78 is 32.9. The lowest BCUT2D eigenvalue weighted by Crippen LogP contribution is -2.42. The van der Waals surface area contributed by atoms with Crippen LogP contribution in [0.15, 0.2) is 53.4 Å². The number of sulfonamides is 1. The van der Waals surface area contributed by atoms with E-state index in [-0.39, 0.29) is 16.7 Å². The minimum absolute atomic E-state index is 0.0113. The highest BCUT2D eigenvalue weighted by Crippen LogP contribution is 2.27. The third-order valence-corrected chi connectivity index (χ3v) is 7.11. The molecule has 0 aromatic heterocycles. The van der Waals surface area contributed by atoms with Crippen LogP contribution in [0.3, 0.4) is 0 Å². The summed E-state index contributed by atoms with van der Waals surface area (Å²) in [6, 6.07) is 14.7. The van der Waals surface area contributed by atoms with Gasteiger partial charge in [0.1, 0.15) is 5.75 Å². The maximum Gasteiger partial charge on any atom is 0.243 e. The van der Waals surface area contributed by atoms with Gasteiger partial charge in [-0.2, -0.15) is 4.31 Å². The third-order valence-electron chi connectivity index (χ3n) is 5.22. The number of piperidine rings is 1. The Kier molecular flexibility index (Phi) is 6.92. The molecule has 0 bridgehead atoms. The normalized spacial score (nSPS) is 15.8. The van der Waals surface area contributed by atoms with E-state index >= 15 is 0 Å². The second kappa shape index (κ2) is 9.41. The van der Waals surface area contributed by atoms with E-state index in [9.17, 15) is 13.2 Å². The summed E-state index contributed by atoms with van der Waals surface area (Å²) in [5, 5.41) is 2.96. The summed E-state index contributed by atoms with van der Waals surface area (Å²) in [5.41, 5.74) is 1.84. The zero-order chi connectivity index (χ0) is 20.9. The standard InChI is InChI=1S/C22H28N2O4S/c1-3-28-21-10-9-20(15-17(21)2)29(26,27)24-13-11-19(12-14-24)22(25)23-16-18-7-5-4-6-8-18/h4-10,15,19H,3,11-14,16H2,1-2H3,(H,23,25). The van der Waals surface area contributed by atoms with Crippen molar-refractivity contribution in [2.24, 2.45) is 5.92 Å². The predicted octanol–water partition coefficient (Wildman–Crippen LogP) is 3.11. The van der Waals surface area contributed by atoms with Gasteiger partial charge >= 0.3 is 0 Å². The van der Waals surface area contributed by atoms with Gasteiger partial charge in [-0.05, 0) is 56.0 Å². The van der Waals surface area contributed by atoms with Gasteiger partial charge in [0.25, 0.3) is 0 Å². The van der Waals surface area contributed by atoms with Gasteiger partial charge in [0, 0.05) is 25.6 Å². The van der Waals surface area contributed by atoms with Crippen molar-refractivity contribution < 1.29 is 17.9 Å². The van der Waals surface area contributed by atoms with Crippen LogP contribution in [0.25, 0.3) is 0 Å². The van der Waals surface area contributed by atoms with Crippen molar-refractivity contribution >= 4 is 15.9 Å². The summed E-state index contributed by atoms with van der Waals surface area (Å²) in [6.45, 7) is 5.45. The molecule has 1 saturated heterocycles. The lowest BCUT2D eigenvalue weighted by molar-refractivity contribution is -0.126. The molecular formula is C22H28N2O4S. The summed E-state index contributed by atoms with van der Waals surface area (Å²) in [4.78, 5) is 12.7. The van der Waals surface area contributed by atoms with Gasteiger partial charge in [-0.3, -0.25) is 4.79 Å². The van der Waals surface area contributed by atoms with Crippen LogP contribution in [0.1, 0.15) is 30.9 Å². The van der Waals surface area contributed by atoms with E-state index in [4.69, 9.17) is 4.74 Å². The average Bonchev–Trinajstić information content (AvgIpc) is 2.74. The van der Waals surface area contributed by atoms with E-state index in [1.807, 2.05) is 44.2 Å². The number of carbonyl (C=O) groups is 1. The second-order valence-electron chi connectivity index (χ2n) is 7.24. The molecule has 0 spiro atoms. The minimum atomic E-state index is -3.57. The van der Waals surface area contributed by atoms with Crippen molar-refractivity contribution in [3.05, 3.63) is 59.7 Å². The molecule has 1 amide bonds. The quantitative estimate of drug-likeness (QED) is 0.753. The topological polar surface area (TPSA) is 75.7 Å². The van der Waals surface area contributed by atoms with Crippen LogP contribution >= 0.6 is 0 Å². The Morgan fingerprint density at radius 3 is 2.45 bits per heavy atom. The minimum Gasteiger partial charge on any atom is -0.494 e. The van der Waals surface area contributed by atoms with E-state index in [2.05, 4.69) is 5.32 Å². The van der Waals surface area contributed by atoms with Gasteiger partial charge in [0.15, 0.2) is 0 Å². The van der Waals surface area contributed by atoms with E-state index in [1.165, 1.54) is 4.31 Å². The Morgan fingerprint density at radius 2 is 1.83 bits per heavy atom. The Hall–Kier alpha value is -2.38. The van der Waals surface area contributed by atoms with Gasteiger partial charge in [0.05, 0.1) is 11.5 Å². The Labute approximate surface area is 172 Å². The fraction of sp³-hybridized carbons (Fsp3) is 0.409. The highest BCUT2D eigenvalue weighted by Gasteiger charge is 2.32. The molecule has 3 rings (SSSR count). The Balaban J connectivity index is 1.58. The van der Waals surface area contributed by atoms with Gasteiger partial charge in [-0.1, -0.05) is 30.3 Å². The zero-order valence-corrected chi connectivity index (χ0v) is 17.7. The largest absolute Gasteiger partial charge is 0.494 e. The van der Waals surface area contributed by atoms with Crippen molar-refractivity contribution in [1.29, 1.82) is 0 Å². The number of nitrogens with zero attached hydrogens (tertiary/aromatic N) is 1. The highest BCUT2D eigenvalue weighted by molar-refractivity contribution is 7.89. The number of benzene rings is 2. The second-order valence-corrected chi connectivity index (χ2v) is 9.18. The van der Waals surface area contributed by atoms with Crippen LogP contribution in [0, 0.1) is 12.8 Å². The maximum absolute atomic E-state index is 13.0. The predicted molar refractivity (Wildman–Crippen MR) is 112 cm³/mol. The van der Waals surface area contributed by atoms with E-state index < -0.39 is 10.0 Å². The molecule has 1 fully saturated rings.